The highest BCUT2D eigenvalue weighted by atomic mass is 32.2. The lowest BCUT2D eigenvalue weighted by Crippen LogP contribution is -2.28. The largest absolute Gasteiger partial charge is 0.340 e. The molecule has 0 aliphatic heterocycles. The molecule has 136 valence electrons. The summed E-state index contributed by atoms with van der Waals surface area (Å²) in [7, 11) is 1.80. The predicted molar refractivity (Wildman–Crippen MR) is 108 cm³/mol. The van der Waals surface area contributed by atoms with Crippen molar-refractivity contribution in [1.82, 2.24) is 14.5 Å². The summed E-state index contributed by atoms with van der Waals surface area (Å²) in [5.41, 5.74) is 0.631. The lowest BCUT2D eigenvalue weighted by Gasteiger charge is -2.17. The quantitative estimate of drug-likeness (QED) is 0.459. The van der Waals surface area contributed by atoms with E-state index in [0.717, 1.165) is 11.3 Å². The van der Waals surface area contributed by atoms with Gasteiger partial charge in [-0.2, -0.15) is 0 Å². The van der Waals surface area contributed by atoms with Gasteiger partial charge in [-0.25, -0.2) is 4.98 Å². The average molecular weight is 388 g/mol. The molecule has 0 N–H and O–H groups in total. The van der Waals surface area contributed by atoms with E-state index in [9.17, 15) is 9.59 Å². The van der Waals surface area contributed by atoms with E-state index in [1.54, 1.807) is 33.9 Å². The van der Waals surface area contributed by atoms with Crippen molar-refractivity contribution in [3.05, 3.63) is 57.0 Å². The summed E-state index contributed by atoms with van der Waals surface area (Å²) in [6.45, 7) is 3.22. The molecule has 0 fully saturated rings. The molecule has 0 radical (unpaired) electrons. The molecule has 0 atom stereocenters. The summed E-state index contributed by atoms with van der Waals surface area (Å²) >= 11 is 2.97. The molecule has 26 heavy (non-hydrogen) atoms. The minimum Gasteiger partial charge on any atom is -0.340 e. The molecular formula is C19H21N3O2S2. The molecule has 1 aromatic carbocycles. The smallest absolute Gasteiger partial charge is 0.262 e. The zero-order valence-corrected chi connectivity index (χ0v) is 16.5. The van der Waals surface area contributed by atoms with Crippen LogP contribution in [-0.4, -0.2) is 33.2 Å². The highest BCUT2D eigenvalue weighted by Crippen LogP contribution is 2.19. The number of fused-ring (bicyclic) bond motifs is 1. The molecule has 0 saturated heterocycles. The summed E-state index contributed by atoms with van der Waals surface area (Å²) < 4.78 is 1.68. The normalized spacial score (nSPS) is 11.0. The van der Waals surface area contributed by atoms with Crippen LogP contribution in [-0.2, 0) is 17.9 Å². The van der Waals surface area contributed by atoms with Crippen LogP contribution in [0.2, 0.25) is 0 Å². The third-order valence-corrected chi connectivity index (χ3v) is 5.82. The van der Waals surface area contributed by atoms with Gasteiger partial charge in [-0.1, -0.05) is 36.9 Å². The van der Waals surface area contributed by atoms with Crippen LogP contribution in [0, 0.1) is 0 Å². The summed E-state index contributed by atoms with van der Waals surface area (Å²) in [6.07, 6.45) is 0.833. The number of hydrogen-bond donors (Lipinski definition) is 0. The van der Waals surface area contributed by atoms with E-state index >= 15 is 0 Å². The molecule has 1 amide bonds. The maximum Gasteiger partial charge on any atom is 0.262 e. The van der Waals surface area contributed by atoms with Gasteiger partial charge in [0, 0.05) is 18.5 Å². The Kier molecular flexibility index (Phi) is 6.11. The van der Waals surface area contributed by atoms with Crippen molar-refractivity contribution < 1.29 is 4.79 Å². The number of rotatable bonds is 7. The van der Waals surface area contributed by atoms with Gasteiger partial charge < -0.3 is 4.90 Å². The van der Waals surface area contributed by atoms with Gasteiger partial charge in [-0.05, 0) is 30.0 Å². The molecule has 0 bridgehead atoms. The van der Waals surface area contributed by atoms with Gasteiger partial charge in [0.05, 0.1) is 23.2 Å². The van der Waals surface area contributed by atoms with Crippen LogP contribution in [0.1, 0.15) is 18.2 Å². The standard InChI is InChI=1S/C19H21N3O2S2/c1-3-10-22-18(24)15-8-4-5-9-16(15)20-19(22)26-13-17(23)21(2)12-14-7-6-11-25-14/h4-9,11H,3,10,12-13H2,1-2H3. The topological polar surface area (TPSA) is 55.2 Å². The van der Waals surface area contributed by atoms with Gasteiger partial charge in [0.2, 0.25) is 5.91 Å². The summed E-state index contributed by atoms with van der Waals surface area (Å²) in [5, 5.41) is 3.23. The zero-order chi connectivity index (χ0) is 18.5. The molecule has 0 saturated carbocycles. The Morgan fingerprint density at radius 2 is 2.08 bits per heavy atom. The number of amides is 1. The minimum atomic E-state index is -0.0423. The molecule has 5 nitrogen and oxygen atoms in total. The zero-order valence-electron chi connectivity index (χ0n) is 14.8. The Morgan fingerprint density at radius 3 is 2.81 bits per heavy atom. The van der Waals surface area contributed by atoms with Crippen molar-refractivity contribution in [2.24, 2.45) is 0 Å². The fourth-order valence-corrected chi connectivity index (χ4v) is 4.36. The molecule has 0 aliphatic carbocycles. The van der Waals surface area contributed by atoms with Gasteiger partial charge in [0.1, 0.15) is 0 Å². The van der Waals surface area contributed by atoms with Crippen molar-refractivity contribution in [3.8, 4) is 0 Å². The first kappa shape index (κ1) is 18.7. The first-order chi connectivity index (χ1) is 12.6. The second-order valence-corrected chi connectivity index (χ2v) is 7.96. The van der Waals surface area contributed by atoms with Crippen LogP contribution >= 0.6 is 23.1 Å². The number of aromatic nitrogens is 2. The van der Waals surface area contributed by atoms with Crippen molar-refractivity contribution in [1.29, 1.82) is 0 Å². The van der Waals surface area contributed by atoms with E-state index in [4.69, 9.17) is 0 Å². The van der Waals surface area contributed by atoms with Crippen LogP contribution in [0.5, 0.6) is 0 Å². The molecule has 2 aromatic heterocycles. The SMILES string of the molecule is CCCn1c(SCC(=O)N(C)Cc2cccs2)nc2ccccc2c1=O. The molecule has 3 aromatic rings. The summed E-state index contributed by atoms with van der Waals surface area (Å²) in [6, 6.07) is 11.3. The van der Waals surface area contributed by atoms with Gasteiger partial charge in [0.15, 0.2) is 5.16 Å². The number of nitrogens with zero attached hydrogens (tertiary/aromatic N) is 3. The first-order valence-electron chi connectivity index (χ1n) is 8.49. The third kappa shape index (κ3) is 4.16. The van der Waals surface area contributed by atoms with Crippen molar-refractivity contribution >= 4 is 39.9 Å². The number of thioether (sulfide) groups is 1. The van der Waals surface area contributed by atoms with Crippen LogP contribution in [0.25, 0.3) is 10.9 Å². The van der Waals surface area contributed by atoms with E-state index in [0.29, 0.717) is 29.1 Å². The molecule has 3 rings (SSSR count). The maximum atomic E-state index is 12.7. The van der Waals surface area contributed by atoms with Gasteiger partial charge in [0.25, 0.3) is 5.56 Å². The Balaban J connectivity index is 1.78. The Hall–Kier alpha value is -2.12. The van der Waals surface area contributed by atoms with E-state index in [-0.39, 0.29) is 17.2 Å². The second-order valence-electron chi connectivity index (χ2n) is 5.99. The Morgan fingerprint density at radius 1 is 1.27 bits per heavy atom. The average Bonchev–Trinajstić information content (AvgIpc) is 3.15. The second kappa shape index (κ2) is 8.51. The summed E-state index contributed by atoms with van der Waals surface area (Å²) in [4.78, 5) is 32.7. The number of thiophene rings is 1. The predicted octanol–water partition coefficient (Wildman–Crippen LogP) is 3.62. The van der Waals surface area contributed by atoms with Crippen LogP contribution in [0.4, 0.5) is 0 Å². The Bertz CT molecular complexity index is 951. The fourth-order valence-electron chi connectivity index (χ4n) is 2.64. The molecule has 2 heterocycles. The molecule has 0 unspecified atom stereocenters. The molecule has 0 aliphatic rings. The van der Waals surface area contributed by atoms with Crippen molar-refractivity contribution in [2.75, 3.05) is 12.8 Å². The molecule has 7 heteroatoms. The van der Waals surface area contributed by atoms with Crippen LogP contribution in [0.15, 0.2) is 51.7 Å². The van der Waals surface area contributed by atoms with E-state index in [2.05, 4.69) is 4.98 Å². The number of para-hydroxylation sites is 1. The van der Waals surface area contributed by atoms with Crippen LogP contribution < -0.4 is 5.56 Å². The number of carbonyl (C=O) groups is 1. The lowest BCUT2D eigenvalue weighted by atomic mass is 10.2. The van der Waals surface area contributed by atoms with Crippen molar-refractivity contribution in [3.63, 3.8) is 0 Å². The van der Waals surface area contributed by atoms with Gasteiger partial charge >= 0.3 is 0 Å². The summed E-state index contributed by atoms with van der Waals surface area (Å²) in [5.74, 6) is 0.282. The van der Waals surface area contributed by atoms with E-state index < -0.39 is 0 Å². The lowest BCUT2D eigenvalue weighted by molar-refractivity contribution is -0.127. The Labute approximate surface area is 160 Å². The fraction of sp³-hybridized carbons (Fsp3) is 0.316. The van der Waals surface area contributed by atoms with Gasteiger partial charge in [-0.3, -0.25) is 14.2 Å². The highest BCUT2D eigenvalue weighted by Gasteiger charge is 2.15. The van der Waals surface area contributed by atoms with E-state index in [1.807, 2.05) is 42.6 Å². The minimum absolute atomic E-state index is 0.0221. The maximum absolute atomic E-state index is 12.7. The number of benzene rings is 1. The van der Waals surface area contributed by atoms with Crippen molar-refractivity contribution in [2.45, 2.75) is 31.6 Å². The number of hydrogen-bond acceptors (Lipinski definition) is 5. The third-order valence-electron chi connectivity index (χ3n) is 4.00. The first-order valence-corrected chi connectivity index (χ1v) is 10.4. The highest BCUT2D eigenvalue weighted by molar-refractivity contribution is 7.99. The number of carbonyl (C=O) groups excluding carboxylic acids is 1. The van der Waals surface area contributed by atoms with E-state index in [1.165, 1.54) is 11.8 Å². The van der Waals surface area contributed by atoms with Gasteiger partial charge in [-0.15, -0.1) is 11.3 Å². The molecule has 0 spiro atoms. The molecular weight excluding hydrogens is 366 g/mol. The van der Waals surface area contributed by atoms with Crippen LogP contribution in [0.3, 0.4) is 0 Å². The monoisotopic (exact) mass is 387 g/mol.